The molecule has 3 aliphatic rings. The molecule has 10 nitrogen and oxygen atoms in total. The van der Waals surface area contributed by atoms with Gasteiger partial charge in [0.25, 0.3) is 11.8 Å². The highest BCUT2D eigenvalue weighted by Crippen LogP contribution is 2.40. The zero-order chi connectivity index (χ0) is 28.4. The van der Waals surface area contributed by atoms with E-state index in [4.69, 9.17) is 9.72 Å². The summed E-state index contributed by atoms with van der Waals surface area (Å²) in [6, 6.07) is 5.48. The Morgan fingerprint density at radius 3 is 2.58 bits per heavy atom. The van der Waals surface area contributed by atoms with Crippen molar-refractivity contribution in [3.63, 3.8) is 0 Å². The minimum atomic E-state index is -2.00. The van der Waals surface area contributed by atoms with Crippen LogP contribution in [0, 0.1) is 0 Å². The van der Waals surface area contributed by atoms with Gasteiger partial charge in [0.1, 0.15) is 11.4 Å². The third kappa shape index (κ3) is 5.56. The molecular formula is C29H40FN7O3. The lowest BCUT2D eigenvalue weighted by atomic mass is 10.00. The quantitative estimate of drug-likeness (QED) is 0.532. The molecule has 1 atom stereocenters. The van der Waals surface area contributed by atoms with E-state index >= 15 is 4.39 Å². The second kappa shape index (κ2) is 11.6. The highest BCUT2D eigenvalue weighted by Gasteiger charge is 2.47. The van der Waals surface area contributed by atoms with Crippen LogP contribution in [0.25, 0.3) is 0 Å². The van der Waals surface area contributed by atoms with Gasteiger partial charge in [-0.1, -0.05) is 19.8 Å². The van der Waals surface area contributed by atoms with E-state index in [0.717, 1.165) is 51.6 Å². The highest BCUT2D eigenvalue weighted by atomic mass is 19.1. The number of likely N-dealkylation sites (tertiary alicyclic amines) is 1. The Labute approximate surface area is 235 Å². The summed E-state index contributed by atoms with van der Waals surface area (Å²) in [7, 11) is 5.22. The number of fused-ring (bicyclic) bond motifs is 1. The molecule has 5 rings (SSSR count). The van der Waals surface area contributed by atoms with Crippen LogP contribution in [-0.4, -0.2) is 85.3 Å². The van der Waals surface area contributed by atoms with E-state index in [9.17, 15) is 9.59 Å². The number of hydrogen-bond acceptors (Lipinski definition) is 8. The number of hydrogen-bond donors (Lipinski definition) is 2. The fraction of sp³-hybridized carbons (Fsp3) is 0.586. The van der Waals surface area contributed by atoms with Gasteiger partial charge >= 0.3 is 0 Å². The lowest BCUT2D eigenvalue weighted by Crippen LogP contribution is -2.50. The number of alkyl halides is 1. The predicted octanol–water partition coefficient (Wildman–Crippen LogP) is 3.90. The number of anilines is 4. The molecule has 0 spiro atoms. The van der Waals surface area contributed by atoms with Crippen LogP contribution in [0.15, 0.2) is 24.4 Å². The van der Waals surface area contributed by atoms with E-state index in [1.807, 2.05) is 4.90 Å². The minimum Gasteiger partial charge on any atom is -0.495 e. The number of carbonyl (C=O) groups excluding carboxylic acids is 2. The molecule has 216 valence electrons. The van der Waals surface area contributed by atoms with Crippen LogP contribution in [0.2, 0.25) is 0 Å². The monoisotopic (exact) mass is 553 g/mol. The second-order valence-corrected chi connectivity index (χ2v) is 11.2. The van der Waals surface area contributed by atoms with E-state index in [1.165, 1.54) is 4.90 Å². The smallest absolute Gasteiger partial charge is 0.266 e. The molecular weight excluding hydrogens is 513 g/mol. The topological polar surface area (TPSA) is 103 Å². The van der Waals surface area contributed by atoms with Gasteiger partial charge in [0, 0.05) is 24.7 Å². The highest BCUT2D eigenvalue weighted by molar-refractivity contribution is 6.03. The number of piperidine rings is 1. The van der Waals surface area contributed by atoms with Crippen molar-refractivity contribution in [2.75, 3.05) is 56.0 Å². The van der Waals surface area contributed by atoms with Gasteiger partial charge in [-0.15, -0.1) is 0 Å². The van der Waals surface area contributed by atoms with Crippen molar-refractivity contribution in [2.45, 2.75) is 69.6 Å². The molecule has 1 aromatic heterocycles. The van der Waals surface area contributed by atoms with Gasteiger partial charge in [0.05, 0.1) is 25.5 Å². The molecule has 11 heteroatoms. The molecule has 0 radical (unpaired) electrons. The summed E-state index contributed by atoms with van der Waals surface area (Å²) in [5.74, 6) is 0.611. The first kappa shape index (κ1) is 28.1. The standard InChI is InChI=1S/C29H40FN7O3/c1-5-29(30)18-37(21-8-6-7-9-21)25-23(36(3)27(29)39)17-31-28(34-25)33-22-11-10-19(16-24(22)40-4)26(38)32-20-12-14-35(2)15-13-20/h10-11,16-17,20-21H,5-9,12-15,18H2,1-4H3,(H,32,38)(H,31,33,34)/t29-/m1/s1. The number of rotatable bonds is 7. The maximum atomic E-state index is 15.9. The van der Waals surface area contributed by atoms with Gasteiger partial charge in [-0.3, -0.25) is 9.59 Å². The third-order valence-corrected chi connectivity index (χ3v) is 8.58. The van der Waals surface area contributed by atoms with Gasteiger partial charge in [-0.2, -0.15) is 4.98 Å². The number of ether oxygens (including phenoxy) is 1. The lowest BCUT2D eigenvalue weighted by molar-refractivity contribution is -0.129. The lowest BCUT2D eigenvalue weighted by Gasteiger charge is -2.33. The molecule has 1 saturated heterocycles. The number of halogens is 1. The van der Waals surface area contributed by atoms with Gasteiger partial charge in [-0.25, -0.2) is 9.37 Å². The molecule has 2 fully saturated rings. The molecule has 1 aromatic carbocycles. The minimum absolute atomic E-state index is 0.0365. The van der Waals surface area contributed by atoms with E-state index in [2.05, 4.69) is 27.6 Å². The number of amides is 2. The molecule has 1 aliphatic carbocycles. The average molecular weight is 554 g/mol. The van der Waals surface area contributed by atoms with Crippen LogP contribution >= 0.6 is 0 Å². The Kier molecular flexibility index (Phi) is 8.11. The number of carbonyl (C=O) groups is 2. The van der Waals surface area contributed by atoms with Crippen molar-refractivity contribution in [1.29, 1.82) is 0 Å². The van der Waals surface area contributed by atoms with Crippen LogP contribution in [0.1, 0.15) is 62.2 Å². The Morgan fingerprint density at radius 1 is 1.18 bits per heavy atom. The molecule has 2 amide bonds. The van der Waals surface area contributed by atoms with Crippen LogP contribution in [0.4, 0.5) is 27.5 Å². The molecule has 3 heterocycles. The summed E-state index contributed by atoms with van der Waals surface area (Å²) >= 11 is 0. The van der Waals surface area contributed by atoms with Crippen molar-refractivity contribution < 1.29 is 18.7 Å². The first-order valence-electron chi connectivity index (χ1n) is 14.3. The number of nitrogens with one attached hydrogen (secondary N) is 2. The Balaban J connectivity index is 1.40. The molecule has 0 bridgehead atoms. The summed E-state index contributed by atoms with van der Waals surface area (Å²) in [5.41, 5.74) is -0.408. The Bertz CT molecular complexity index is 1250. The zero-order valence-electron chi connectivity index (χ0n) is 23.9. The van der Waals surface area contributed by atoms with Crippen LogP contribution in [-0.2, 0) is 4.79 Å². The summed E-state index contributed by atoms with van der Waals surface area (Å²) in [4.78, 5) is 40.9. The van der Waals surface area contributed by atoms with E-state index in [-0.39, 0.29) is 31.0 Å². The fourth-order valence-corrected chi connectivity index (χ4v) is 5.96. The maximum absolute atomic E-state index is 15.9. The molecule has 1 saturated carbocycles. The number of benzene rings is 1. The Morgan fingerprint density at radius 2 is 1.90 bits per heavy atom. The van der Waals surface area contributed by atoms with Gasteiger partial charge in [0.2, 0.25) is 11.6 Å². The largest absolute Gasteiger partial charge is 0.495 e. The first-order valence-corrected chi connectivity index (χ1v) is 14.3. The predicted molar refractivity (Wildman–Crippen MR) is 153 cm³/mol. The molecule has 0 unspecified atom stereocenters. The van der Waals surface area contributed by atoms with Crippen LogP contribution < -0.4 is 25.2 Å². The molecule has 2 N–H and O–H groups in total. The summed E-state index contributed by atoms with van der Waals surface area (Å²) in [6.07, 6.45) is 7.50. The number of nitrogens with zero attached hydrogens (tertiary/aromatic N) is 5. The van der Waals surface area contributed by atoms with Gasteiger partial charge < -0.3 is 30.1 Å². The maximum Gasteiger partial charge on any atom is 0.266 e. The van der Waals surface area contributed by atoms with Crippen molar-refractivity contribution in [1.82, 2.24) is 20.2 Å². The van der Waals surface area contributed by atoms with E-state index in [0.29, 0.717) is 34.5 Å². The van der Waals surface area contributed by atoms with Crippen molar-refractivity contribution in [3.8, 4) is 5.75 Å². The second-order valence-electron chi connectivity index (χ2n) is 11.2. The zero-order valence-corrected chi connectivity index (χ0v) is 23.9. The summed E-state index contributed by atoms with van der Waals surface area (Å²) < 4.78 is 21.5. The third-order valence-electron chi connectivity index (χ3n) is 8.58. The van der Waals surface area contributed by atoms with Crippen molar-refractivity contribution in [2.24, 2.45) is 0 Å². The number of aromatic nitrogens is 2. The number of methoxy groups -OCH3 is 1. The Hall–Kier alpha value is -3.47. The molecule has 2 aliphatic heterocycles. The van der Waals surface area contributed by atoms with Crippen LogP contribution in [0.3, 0.4) is 0 Å². The normalized spacial score (nSPS) is 22.7. The van der Waals surface area contributed by atoms with Gasteiger partial charge in [-0.05, 0) is 70.4 Å². The van der Waals surface area contributed by atoms with Crippen molar-refractivity contribution >= 4 is 35.0 Å². The van der Waals surface area contributed by atoms with Crippen LogP contribution in [0.5, 0.6) is 5.75 Å². The summed E-state index contributed by atoms with van der Waals surface area (Å²) in [6.45, 7) is 3.60. The summed E-state index contributed by atoms with van der Waals surface area (Å²) in [5, 5.41) is 6.34. The average Bonchev–Trinajstić information content (AvgIpc) is 3.49. The first-order chi connectivity index (χ1) is 19.2. The van der Waals surface area contributed by atoms with E-state index in [1.54, 1.807) is 45.5 Å². The van der Waals surface area contributed by atoms with Gasteiger partial charge in [0.15, 0.2) is 5.82 Å². The van der Waals surface area contributed by atoms with E-state index < -0.39 is 11.6 Å². The van der Waals surface area contributed by atoms with Crippen molar-refractivity contribution in [3.05, 3.63) is 30.0 Å². The fourth-order valence-electron chi connectivity index (χ4n) is 5.96. The molecule has 2 aromatic rings. The molecule has 40 heavy (non-hydrogen) atoms. The SMILES string of the molecule is CC[C@@]1(F)CN(C2CCCC2)c2nc(Nc3ccc(C(=O)NC4CCN(C)CC4)cc3OC)ncc2N(C)C1=O.